The maximum atomic E-state index is 14.1. The molecule has 29 heavy (non-hydrogen) atoms. The largest absolute Gasteiger partial charge is 0.534 e. The predicted molar refractivity (Wildman–Crippen MR) is 93.2 cm³/mol. The first kappa shape index (κ1) is 20.9. The van der Waals surface area contributed by atoms with E-state index in [1.165, 1.54) is 31.4 Å². The number of alkyl halides is 3. The number of methoxy groups -OCH3 is 1. The van der Waals surface area contributed by atoms with E-state index in [1.807, 2.05) is 0 Å². The summed E-state index contributed by atoms with van der Waals surface area (Å²) in [6.07, 6.45) is 0. The Bertz CT molecular complexity index is 1190. The van der Waals surface area contributed by atoms with Crippen molar-refractivity contribution in [2.75, 3.05) is 7.11 Å². The molecule has 154 valence electrons. The summed E-state index contributed by atoms with van der Waals surface area (Å²) in [4.78, 5) is 7.17. The fourth-order valence-electron chi connectivity index (χ4n) is 2.11. The molecule has 0 atom stereocenters. The van der Waals surface area contributed by atoms with Gasteiger partial charge in [-0.05, 0) is 36.4 Å². The van der Waals surface area contributed by atoms with E-state index >= 15 is 0 Å². The fraction of sp³-hybridized carbons (Fsp3) is 0.125. The van der Waals surface area contributed by atoms with Crippen LogP contribution in [-0.2, 0) is 10.1 Å². The summed E-state index contributed by atoms with van der Waals surface area (Å²) in [7, 11) is -4.68. The maximum Gasteiger partial charge on any atom is 0.534 e. The van der Waals surface area contributed by atoms with Crippen LogP contribution in [-0.4, -0.2) is 31.0 Å². The zero-order valence-electron chi connectivity index (χ0n) is 14.2. The van der Waals surface area contributed by atoms with Crippen LogP contribution in [0.2, 0.25) is 5.02 Å². The highest BCUT2D eigenvalue weighted by Gasteiger charge is 2.49. The second kappa shape index (κ2) is 7.52. The molecule has 0 spiro atoms. The van der Waals surface area contributed by atoms with Crippen LogP contribution in [0.15, 0.2) is 36.4 Å². The number of hydrogen-bond donors (Lipinski definition) is 0. The van der Waals surface area contributed by atoms with E-state index in [9.17, 15) is 26.0 Å². The molecule has 1 heterocycles. The highest BCUT2D eigenvalue weighted by atomic mass is 35.5. The van der Waals surface area contributed by atoms with E-state index in [4.69, 9.17) is 21.1 Å². The molecule has 0 radical (unpaired) electrons. The Labute approximate surface area is 165 Å². The van der Waals surface area contributed by atoms with E-state index in [-0.39, 0.29) is 21.7 Å². The van der Waals surface area contributed by atoms with E-state index in [0.29, 0.717) is 5.75 Å². The monoisotopic (exact) mass is 452 g/mol. The van der Waals surface area contributed by atoms with Crippen molar-refractivity contribution in [3.63, 3.8) is 0 Å². The molecule has 13 heteroatoms. The van der Waals surface area contributed by atoms with E-state index < -0.39 is 33.3 Å². The normalized spacial score (nSPS) is 12.1. The SMILES string of the molecule is COc1ccc2nc(OS(=O)(=O)C(F)(F)F)nc(Oc3ccc(Cl)cc3F)c2c1. The van der Waals surface area contributed by atoms with Crippen LogP contribution in [0, 0.1) is 5.82 Å². The molecule has 0 aliphatic rings. The first-order valence-electron chi connectivity index (χ1n) is 7.49. The molecule has 0 saturated carbocycles. The van der Waals surface area contributed by atoms with Crippen molar-refractivity contribution in [3.8, 4) is 23.4 Å². The van der Waals surface area contributed by atoms with Gasteiger partial charge < -0.3 is 13.7 Å². The maximum absolute atomic E-state index is 14.1. The molecular formula is C16H9ClF4N2O5S. The lowest BCUT2D eigenvalue weighted by Crippen LogP contribution is -2.28. The molecule has 1 aromatic heterocycles. The molecular weight excluding hydrogens is 444 g/mol. The molecule has 2 aromatic carbocycles. The lowest BCUT2D eigenvalue weighted by molar-refractivity contribution is -0.0502. The Hall–Kier alpha value is -2.86. The van der Waals surface area contributed by atoms with Crippen LogP contribution in [0.25, 0.3) is 10.9 Å². The molecule has 0 amide bonds. The number of rotatable bonds is 5. The van der Waals surface area contributed by atoms with Crippen molar-refractivity contribution >= 4 is 32.6 Å². The van der Waals surface area contributed by atoms with E-state index in [2.05, 4.69) is 14.2 Å². The van der Waals surface area contributed by atoms with Gasteiger partial charge in [-0.25, -0.2) is 4.39 Å². The number of fused-ring (bicyclic) bond motifs is 1. The second-order valence-corrected chi connectivity index (χ2v) is 7.33. The third kappa shape index (κ3) is 4.43. The average Bonchev–Trinajstić information content (AvgIpc) is 2.62. The summed E-state index contributed by atoms with van der Waals surface area (Å²) < 4.78 is 88.7. The third-order valence-electron chi connectivity index (χ3n) is 3.42. The highest BCUT2D eigenvalue weighted by molar-refractivity contribution is 7.87. The lowest BCUT2D eigenvalue weighted by atomic mass is 10.2. The van der Waals surface area contributed by atoms with Gasteiger partial charge in [-0.2, -0.15) is 31.6 Å². The van der Waals surface area contributed by atoms with Crippen LogP contribution >= 0.6 is 11.6 Å². The van der Waals surface area contributed by atoms with Crippen LogP contribution in [0.1, 0.15) is 0 Å². The zero-order valence-corrected chi connectivity index (χ0v) is 15.8. The lowest BCUT2D eigenvalue weighted by Gasteiger charge is -2.12. The standard InChI is InChI=1S/C16H9ClF4N2O5S/c1-26-9-3-4-12-10(7-9)14(27-13-5-2-8(17)6-11(13)18)23-15(22-12)28-29(24,25)16(19,20)21/h2-7H,1H3. The molecule has 7 nitrogen and oxygen atoms in total. The molecule has 3 aromatic rings. The van der Waals surface area contributed by atoms with Crippen molar-refractivity contribution < 1.29 is 39.6 Å². The number of aromatic nitrogens is 2. The first-order valence-corrected chi connectivity index (χ1v) is 9.28. The highest BCUT2D eigenvalue weighted by Crippen LogP contribution is 2.34. The van der Waals surface area contributed by atoms with Crippen molar-refractivity contribution in [2.24, 2.45) is 0 Å². The Balaban J connectivity index is 2.14. The van der Waals surface area contributed by atoms with Gasteiger partial charge in [0.25, 0.3) is 0 Å². The Morgan fingerprint density at radius 1 is 1.07 bits per heavy atom. The minimum absolute atomic E-state index is 0.0439. The smallest absolute Gasteiger partial charge is 0.497 e. The number of benzene rings is 2. The van der Waals surface area contributed by atoms with Crippen LogP contribution < -0.4 is 13.7 Å². The molecule has 0 fully saturated rings. The quantitative estimate of drug-likeness (QED) is 0.321. The van der Waals surface area contributed by atoms with Gasteiger partial charge in [0, 0.05) is 5.02 Å². The summed E-state index contributed by atoms with van der Waals surface area (Å²) in [5, 5.41) is 0.166. The van der Waals surface area contributed by atoms with E-state index in [1.54, 1.807) is 0 Å². The van der Waals surface area contributed by atoms with Crippen LogP contribution in [0.5, 0.6) is 23.4 Å². The second-order valence-electron chi connectivity index (χ2n) is 5.35. The van der Waals surface area contributed by atoms with Gasteiger partial charge in [-0.3, -0.25) is 0 Å². The van der Waals surface area contributed by atoms with Crippen molar-refractivity contribution in [2.45, 2.75) is 5.51 Å². The van der Waals surface area contributed by atoms with Crippen molar-refractivity contribution in [1.29, 1.82) is 0 Å². The average molecular weight is 453 g/mol. The molecule has 0 unspecified atom stereocenters. The number of hydrogen-bond acceptors (Lipinski definition) is 7. The third-order valence-corrected chi connectivity index (χ3v) is 4.59. The summed E-state index contributed by atoms with van der Waals surface area (Å²) in [5.74, 6) is -1.43. The minimum Gasteiger partial charge on any atom is -0.497 e. The van der Waals surface area contributed by atoms with E-state index in [0.717, 1.165) is 12.1 Å². The Morgan fingerprint density at radius 2 is 1.79 bits per heavy atom. The molecule has 0 aliphatic heterocycles. The van der Waals surface area contributed by atoms with Gasteiger partial charge in [-0.15, -0.1) is 0 Å². The van der Waals surface area contributed by atoms with Gasteiger partial charge in [0.1, 0.15) is 5.75 Å². The predicted octanol–water partition coefficient (Wildman–Crippen LogP) is 4.45. The van der Waals surface area contributed by atoms with Gasteiger partial charge >= 0.3 is 21.6 Å². The minimum atomic E-state index is -6.03. The fourth-order valence-corrected chi connectivity index (χ4v) is 2.63. The number of nitrogens with zero attached hydrogens (tertiary/aromatic N) is 2. The van der Waals surface area contributed by atoms with Crippen LogP contribution in [0.3, 0.4) is 0 Å². The number of halogens is 5. The zero-order chi connectivity index (χ0) is 21.4. The van der Waals surface area contributed by atoms with Gasteiger partial charge in [0.05, 0.1) is 18.0 Å². The summed E-state index contributed by atoms with van der Waals surface area (Å²) in [5.41, 5.74) is -5.74. The topological polar surface area (TPSA) is 87.6 Å². The molecule has 0 saturated heterocycles. The summed E-state index contributed by atoms with van der Waals surface area (Å²) in [6, 6.07) is 6.29. The molecule has 0 aliphatic carbocycles. The van der Waals surface area contributed by atoms with Gasteiger partial charge in [0.15, 0.2) is 11.6 Å². The van der Waals surface area contributed by atoms with Gasteiger partial charge in [0.2, 0.25) is 5.88 Å². The molecule has 0 bridgehead atoms. The Morgan fingerprint density at radius 3 is 2.41 bits per heavy atom. The summed E-state index contributed by atoms with van der Waals surface area (Å²) in [6.45, 7) is 0. The molecule has 0 N–H and O–H groups in total. The summed E-state index contributed by atoms with van der Waals surface area (Å²) >= 11 is 5.66. The van der Waals surface area contributed by atoms with Crippen molar-refractivity contribution in [1.82, 2.24) is 9.97 Å². The Kier molecular flexibility index (Phi) is 5.41. The van der Waals surface area contributed by atoms with Gasteiger partial charge in [-0.1, -0.05) is 11.6 Å². The van der Waals surface area contributed by atoms with Crippen molar-refractivity contribution in [3.05, 3.63) is 47.2 Å². The van der Waals surface area contributed by atoms with Crippen LogP contribution in [0.4, 0.5) is 17.6 Å². The molecule has 3 rings (SSSR count). The number of ether oxygens (including phenoxy) is 2. The first-order chi connectivity index (χ1) is 13.5.